The Hall–Kier alpha value is -3.08. The second-order valence-corrected chi connectivity index (χ2v) is 7.02. The van der Waals surface area contributed by atoms with Gasteiger partial charge in [0.05, 0.1) is 11.8 Å². The summed E-state index contributed by atoms with van der Waals surface area (Å²) in [6.45, 7) is 0. The van der Waals surface area contributed by atoms with Gasteiger partial charge in [0.25, 0.3) is 0 Å². The first kappa shape index (κ1) is 15.2. The molecule has 5 nitrogen and oxygen atoms in total. The molecule has 2 aromatic rings. The van der Waals surface area contributed by atoms with Crippen molar-refractivity contribution in [1.29, 1.82) is 0 Å². The van der Waals surface area contributed by atoms with Gasteiger partial charge in [-0.25, -0.2) is 0 Å². The maximum Gasteiger partial charge on any atom is 0.208 e. The summed E-state index contributed by atoms with van der Waals surface area (Å²) in [5, 5.41) is 6.56. The van der Waals surface area contributed by atoms with E-state index in [0.29, 0.717) is 29.6 Å². The van der Waals surface area contributed by atoms with E-state index in [1.165, 1.54) is 6.20 Å². The van der Waals surface area contributed by atoms with Crippen LogP contribution in [0.1, 0.15) is 58.0 Å². The molecule has 1 heterocycles. The lowest BCUT2D eigenvalue weighted by molar-refractivity contribution is -0.116. The van der Waals surface area contributed by atoms with Crippen LogP contribution in [0.15, 0.2) is 58.8 Å². The Morgan fingerprint density at radius 1 is 0.962 bits per heavy atom. The van der Waals surface area contributed by atoms with Gasteiger partial charge >= 0.3 is 0 Å². The van der Waals surface area contributed by atoms with Crippen molar-refractivity contribution in [3.8, 4) is 0 Å². The highest BCUT2D eigenvalue weighted by molar-refractivity contribution is 6.28. The number of aromatic nitrogens is 2. The molecule has 1 unspecified atom stereocenters. The maximum absolute atomic E-state index is 13.2. The molecule has 5 heteroatoms. The second-order valence-electron chi connectivity index (χ2n) is 7.02. The lowest BCUT2D eigenvalue weighted by Gasteiger charge is -2.35. The molecule has 3 aliphatic rings. The number of hydrogen-bond acceptors (Lipinski definition) is 4. The molecule has 1 aromatic carbocycles. The van der Waals surface area contributed by atoms with E-state index < -0.39 is 5.92 Å². The summed E-state index contributed by atoms with van der Waals surface area (Å²) in [5.74, 6) is -0.724. The monoisotopic (exact) mass is 344 g/mol. The standard InChI is InChI=1S/C21H16N2O3/c24-15-8-4-7-12-9-13-18(17(16(12)15)11-5-2-1-3-6-11)21(26)19-14(20(13)25)10-22-23-19/h1-3,5-6,10,17H,4,7-9H2,(H,22,23). The van der Waals surface area contributed by atoms with Crippen molar-refractivity contribution in [3.63, 3.8) is 0 Å². The van der Waals surface area contributed by atoms with Crippen molar-refractivity contribution in [2.45, 2.75) is 31.6 Å². The first-order valence-corrected chi connectivity index (χ1v) is 8.82. The number of Topliss-reactive ketones (excluding diaryl/α,β-unsaturated/α-hetero) is 3. The molecule has 1 aromatic heterocycles. The second kappa shape index (κ2) is 5.46. The number of ketones is 3. The van der Waals surface area contributed by atoms with Gasteiger partial charge in [0, 0.05) is 29.1 Å². The fourth-order valence-electron chi connectivity index (χ4n) is 4.48. The highest BCUT2D eigenvalue weighted by Gasteiger charge is 2.44. The van der Waals surface area contributed by atoms with Gasteiger partial charge in [0.15, 0.2) is 11.6 Å². The number of nitrogens with one attached hydrogen (secondary N) is 1. The van der Waals surface area contributed by atoms with Crippen LogP contribution >= 0.6 is 0 Å². The number of benzene rings is 1. The fraction of sp³-hybridized carbons (Fsp3) is 0.238. The van der Waals surface area contributed by atoms with Crippen LogP contribution in [-0.4, -0.2) is 27.5 Å². The summed E-state index contributed by atoms with van der Waals surface area (Å²) in [6, 6.07) is 9.55. The molecule has 1 atom stereocenters. The predicted molar refractivity (Wildman–Crippen MR) is 94.0 cm³/mol. The number of fused-ring (bicyclic) bond motifs is 1. The molecule has 26 heavy (non-hydrogen) atoms. The molecule has 3 aliphatic carbocycles. The summed E-state index contributed by atoms with van der Waals surface area (Å²) < 4.78 is 0. The Kier molecular flexibility index (Phi) is 3.19. The van der Waals surface area contributed by atoms with Crippen molar-refractivity contribution in [2.24, 2.45) is 0 Å². The van der Waals surface area contributed by atoms with E-state index >= 15 is 0 Å². The van der Waals surface area contributed by atoms with Crippen LogP contribution in [0.25, 0.3) is 0 Å². The Bertz CT molecular complexity index is 1040. The zero-order chi connectivity index (χ0) is 17.8. The van der Waals surface area contributed by atoms with E-state index in [1.54, 1.807) is 0 Å². The number of nitrogens with zero attached hydrogens (tertiary/aromatic N) is 1. The van der Waals surface area contributed by atoms with Crippen LogP contribution in [0, 0.1) is 0 Å². The van der Waals surface area contributed by atoms with Gasteiger partial charge in [-0.3, -0.25) is 19.5 Å². The largest absolute Gasteiger partial charge is 0.295 e. The number of allylic oxidation sites excluding steroid dienone is 4. The van der Waals surface area contributed by atoms with Gasteiger partial charge in [0.1, 0.15) is 5.69 Å². The van der Waals surface area contributed by atoms with E-state index in [-0.39, 0.29) is 23.0 Å². The van der Waals surface area contributed by atoms with Crippen molar-refractivity contribution < 1.29 is 14.4 Å². The number of H-pyrrole nitrogens is 1. The number of carbonyl (C=O) groups excluding carboxylic acids is 3. The van der Waals surface area contributed by atoms with Crippen LogP contribution in [0.2, 0.25) is 0 Å². The molecule has 0 aliphatic heterocycles. The lowest BCUT2D eigenvalue weighted by atomic mass is 9.66. The quantitative estimate of drug-likeness (QED) is 0.860. The van der Waals surface area contributed by atoms with Crippen LogP contribution in [0.4, 0.5) is 0 Å². The number of hydrogen-bond donors (Lipinski definition) is 1. The van der Waals surface area contributed by atoms with Crippen molar-refractivity contribution in [3.05, 3.63) is 75.6 Å². The molecule has 0 saturated carbocycles. The molecular weight excluding hydrogens is 328 g/mol. The highest BCUT2D eigenvalue weighted by Crippen LogP contribution is 2.48. The predicted octanol–water partition coefficient (Wildman–Crippen LogP) is 3.32. The normalized spacial score (nSPS) is 22.3. The topological polar surface area (TPSA) is 79.9 Å². The lowest BCUT2D eigenvalue weighted by Crippen LogP contribution is -2.32. The number of aromatic amines is 1. The zero-order valence-corrected chi connectivity index (χ0v) is 14.0. The van der Waals surface area contributed by atoms with Crippen LogP contribution < -0.4 is 0 Å². The first-order chi connectivity index (χ1) is 12.7. The third kappa shape index (κ3) is 1.97. The Balaban J connectivity index is 1.77. The minimum absolute atomic E-state index is 0.0994. The first-order valence-electron chi connectivity index (χ1n) is 8.82. The molecule has 0 bridgehead atoms. The van der Waals surface area contributed by atoms with Crippen LogP contribution in [-0.2, 0) is 4.79 Å². The van der Waals surface area contributed by atoms with E-state index in [2.05, 4.69) is 10.2 Å². The number of rotatable bonds is 1. The average Bonchev–Trinajstić information content (AvgIpc) is 3.16. The van der Waals surface area contributed by atoms with Gasteiger partial charge in [-0.05, 0) is 24.8 Å². The minimum Gasteiger partial charge on any atom is -0.295 e. The summed E-state index contributed by atoms with van der Waals surface area (Å²) >= 11 is 0. The van der Waals surface area contributed by atoms with E-state index in [1.807, 2.05) is 30.3 Å². The summed E-state index contributed by atoms with van der Waals surface area (Å²) in [7, 11) is 0. The van der Waals surface area contributed by atoms with Gasteiger partial charge in [0.2, 0.25) is 5.78 Å². The third-order valence-electron chi connectivity index (χ3n) is 5.62. The van der Waals surface area contributed by atoms with Gasteiger partial charge in [-0.1, -0.05) is 35.9 Å². The van der Waals surface area contributed by atoms with Crippen molar-refractivity contribution in [1.82, 2.24) is 10.2 Å². The van der Waals surface area contributed by atoms with E-state index in [4.69, 9.17) is 0 Å². The minimum atomic E-state index is -0.462. The molecule has 0 amide bonds. The van der Waals surface area contributed by atoms with Crippen molar-refractivity contribution in [2.75, 3.05) is 0 Å². The smallest absolute Gasteiger partial charge is 0.208 e. The Morgan fingerprint density at radius 3 is 2.58 bits per heavy atom. The fourth-order valence-corrected chi connectivity index (χ4v) is 4.48. The molecule has 5 rings (SSSR count). The van der Waals surface area contributed by atoms with E-state index in [0.717, 1.165) is 29.6 Å². The molecule has 0 spiro atoms. The van der Waals surface area contributed by atoms with Gasteiger partial charge in [-0.2, -0.15) is 5.10 Å². The summed E-state index contributed by atoms with van der Waals surface area (Å²) in [5.41, 5.74) is 4.19. The molecule has 0 saturated heterocycles. The number of carbonyl (C=O) groups is 3. The van der Waals surface area contributed by atoms with Gasteiger partial charge < -0.3 is 0 Å². The zero-order valence-electron chi connectivity index (χ0n) is 14.0. The van der Waals surface area contributed by atoms with Gasteiger partial charge in [-0.15, -0.1) is 0 Å². The van der Waals surface area contributed by atoms with Crippen molar-refractivity contribution >= 4 is 17.3 Å². The summed E-state index contributed by atoms with van der Waals surface area (Å²) in [6.07, 6.45) is 3.94. The maximum atomic E-state index is 13.2. The van der Waals surface area contributed by atoms with Crippen LogP contribution in [0.5, 0.6) is 0 Å². The average molecular weight is 344 g/mol. The molecular formula is C21H16N2O3. The molecule has 0 radical (unpaired) electrons. The Labute approximate surface area is 149 Å². The third-order valence-corrected chi connectivity index (χ3v) is 5.62. The Morgan fingerprint density at radius 2 is 1.77 bits per heavy atom. The SMILES string of the molecule is O=C1CCCC2=C1C(c1ccccc1)C1=C(C2)C(=O)c2cn[nH]c2C1=O. The summed E-state index contributed by atoms with van der Waals surface area (Å²) in [4.78, 5) is 39.0. The molecule has 0 fully saturated rings. The molecule has 128 valence electrons. The molecule has 1 N–H and O–H groups in total. The van der Waals surface area contributed by atoms with Crippen LogP contribution in [0.3, 0.4) is 0 Å². The van der Waals surface area contributed by atoms with E-state index in [9.17, 15) is 14.4 Å². The highest BCUT2D eigenvalue weighted by atomic mass is 16.1.